The molecule has 3 rings (SSSR count). The van der Waals surface area contributed by atoms with Crippen LogP contribution < -0.4 is 5.32 Å². The number of hydrogen-bond donors (Lipinski definition) is 1. The maximum atomic E-state index is 12.6. The largest absolute Gasteiger partial charge is 0.377 e. The molecule has 1 saturated carbocycles. The fourth-order valence-corrected chi connectivity index (χ4v) is 3.04. The highest BCUT2D eigenvalue weighted by Crippen LogP contribution is 2.48. The van der Waals surface area contributed by atoms with Gasteiger partial charge in [-0.05, 0) is 25.3 Å². The molecule has 1 aromatic heterocycles. The van der Waals surface area contributed by atoms with Gasteiger partial charge in [0, 0.05) is 32.1 Å². The Morgan fingerprint density at radius 1 is 1.35 bits per heavy atom. The summed E-state index contributed by atoms with van der Waals surface area (Å²) in [5.41, 5.74) is 1.90. The number of hydrogen-bond acceptors (Lipinski definition) is 3. The Hall–Kier alpha value is -2.14. The lowest BCUT2D eigenvalue weighted by molar-refractivity contribution is -0.123. The van der Waals surface area contributed by atoms with E-state index in [-0.39, 0.29) is 11.3 Å². The van der Waals surface area contributed by atoms with Gasteiger partial charge in [0.2, 0.25) is 5.91 Å². The summed E-state index contributed by atoms with van der Waals surface area (Å²) < 4.78 is 7.25. The van der Waals surface area contributed by atoms with E-state index in [4.69, 9.17) is 4.74 Å². The molecule has 0 saturated heterocycles. The molecule has 23 heavy (non-hydrogen) atoms. The molecule has 122 valence electrons. The van der Waals surface area contributed by atoms with Crippen LogP contribution >= 0.6 is 0 Å². The predicted octanol–water partition coefficient (Wildman–Crippen LogP) is 2.19. The van der Waals surface area contributed by atoms with E-state index in [0.717, 1.165) is 29.9 Å². The number of nitrogens with zero attached hydrogens (tertiary/aromatic N) is 2. The van der Waals surface area contributed by atoms with Crippen LogP contribution in [-0.4, -0.2) is 29.1 Å². The van der Waals surface area contributed by atoms with E-state index in [2.05, 4.69) is 14.9 Å². The first-order valence-electron chi connectivity index (χ1n) is 8.01. The monoisotopic (exact) mass is 313 g/mol. The third-order valence-electron chi connectivity index (χ3n) is 4.54. The Bertz CT molecular complexity index is 675. The fraction of sp³-hybridized carbons (Fsp3) is 0.444. The lowest BCUT2D eigenvalue weighted by Crippen LogP contribution is -2.36. The Kier molecular flexibility index (Phi) is 4.48. The van der Waals surface area contributed by atoms with Crippen LogP contribution in [0.3, 0.4) is 0 Å². The first kappa shape index (κ1) is 15.7. The molecule has 1 aromatic carbocycles. The molecule has 5 nitrogen and oxygen atoms in total. The lowest BCUT2D eigenvalue weighted by Gasteiger charge is -2.16. The summed E-state index contributed by atoms with van der Waals surface area (Å²) in [6.07, 6.45) is 3.70. The maximum absolute atomic E-state index is 12.6. The minimum Gasteiger partial charge on any atom is -0.377 e. The minimum atomic E-state index is -0.305. The quantitative estimate of drug-likeness (QED) is 0.852. The normalized spacial score (nSPS) is 15.4. The molecule has 0 bridgehead atoms. The topological polar surface area (TPSA) is 56.1 Å². The van der Waals surface area contributed by atoms with Crippen molar-refractivity contribution in [3.63, 3.8) is 0 Å². The molecule has 0 unspecified atom stereocenters. The van der Waals surface area contributed by atoms with Crippen LogP contribution in [0.2, 0.25) is 0 Å². The molecule has 0 spiro atoms. The molecule has 0 radical (unpaired) electrons. The molecule has 1 amide bonds. The number of aryl methyl sites for hydroxylation is 1. The number of amides is 1. The first-order chi connectivity index (χ1) is 11.2. The van der Waals surface area contributed by atoms with E-state index in [0.29, 0.717) is 19.7 Å². The molecule has 1 aliphatic rings. The van der Waals surface area contributed by atoms with E-state index >= 15 is 0 Å². The Labute approximate surface area is 136 Å². The minimum absolute atomic E-state index is 0.134. The zero-order valence-electron chi connectivity index (χ0n) is 13.7. The molecule has 0 atom stereocenters. The summed E-state index contributed by atoms with van der Waals surface area (Å²) in [5.74, 6) is 1.03. The number of carbonyl (C=O) groups is 1. The van der Waals surface area contributed by atoms with Crippen molar-refractivity contribution in [2.45, 2.75) is 38.3 Å². The number of rotatable bonds is 7. The number of methoxy groups -OCH3 is 1. The van der Waals surface area contributed by atoms with Crippen molar-refractivity contribution in [1.29, 1.82) is 0 Å². The summed E-state index contributed by atoms with van der Waals surface area (Å²) in [5, 5.41) is 3.09. The number of nitrogens with one attached hydrogen (secondary N) is 1. The van der Waals surface area contributed by atoms with Crippen LogP contribution in [0.4, 0.5) is 0 Å². The SMILES string of the molecule is COCc1ncc(C)n1CCNC(=O)C1(c2ccccc2)CC1. The van der Waals surface area contributed by atoms with Gasteiger partial charge in [-0.3, -0.25) is 4.79 Å². The number of imidazole rings is 1. The molecule has 1 heterocycles. The van der Waals surface area contributed by atoms with Crippen molar-refractivity contribution in [2.24, 2.45) is 0 Å². The van der Waals surface area contributed by atoms with Crippen LogP contribution in [0.15, 0.2) is 36.5 Å². The van der Waals surface area contributed by atoms with Gasteiger partial charge < -0.3 is 14.6 Å². The van der Waals surface area contributed by atoms with Gasteiger partial charge in [-0.2, -0.15) is 0 Å². The molecule has 1 aliphatic carbocycles. The zero-order valence-corrected chi connectivity index (χ0v) is 13.7. The summed E-state index contributed by atoms with van der Waals surface area (Å²) in [7, 11) is 1.66. The van der Waals surface area contributed by atoms with Gasteiger partial charge in [-0.15, -0.1) is 0 Å². The number of carbonyl (C=O) groups excluding carboxylic acids is 1. The molecule has 1 N–H and O–H groups in total. The standard InChI is InChI=1S/C18H23N3O2/c1-14-12-20-16(13-23-2)21(14)11-10-19-17(22)18(8-9-18)15-6-4-3-5-7-15/h3-7,12H,8-11,13H2,1-2H3,(H,19,22). The van der Waals surface area contributed by atoms with Crippen LogP contribution in [0.1, 0.15) is 29.9 Å². The average Bonchev–Trinajstić information content (AvgIpc) is 3.32. The summed E-state index contributed by atoms with van der Waals surface area (Å²) in [4.78, 5) is 16.9. The second-order valence-corrected chi connectivity index (χ2v) is 6.10. The van der Waals surface area contributed by atoms with E-state index in [1.807, 2.05) is 43.5 Å². The van der Waals surface area contributed by atoms with Gasteiger partial charge in [-0.1, -0.05) is 30.3 Å². The highest BCUT2D eigenvalue weighted by molar-refractivity contribution is 5.91. The van der Waals surface area contributed by atoms with Gasteiger partial charge >= 0.3 is 0 Å². The Morgan fingerprint density at radius 3 is 2.74 bits per heavy atom. The predicted molar refractivity (Wildman–Crippen MR) is 88.0 cm³/mol. The molecule has 5 heteroatoms. The summed E-state index contributed by atoms with van der Waals surface area (Å²) >= 11 is 0. The van der Waals surface area contributed by atoms with Crippen LogP contribution in [0.5, 0.6) is 0 Å². The van der Waals surface area contributed by atoms with E-state index in [1.54, 1.807) is 7.11 Å². The lowest BCUT2D eigenvalue weighted by atomic mass is 9.95. The van der Waals surface area contributed by atoms with Gasteiger partial charge in [0.25, 0.3) is 0 Å². The molecule has 0 aliphatic heterocycles. The second kappa shape index (κ2) is 6.54. The zero-order chi connectivity index (χ0) is 16.3. The van der Waals surface area contributed by atoms with Crippen molar-refractivity contribution in [2.75, 3.05) is 13.7 Å². The second-order valence-electron chi connectivity index (χ2n) is 6.10. The smallest absolute Gasteiger partial charge is 0.230 e. The molecular formula is C18H23N3O2. The van der Waals surface area contributed by atoms with Gasteiger partial charge in [0.05, 0.1) is 5.41 Å². The summed E-state index contributed by atoms with van der Waals surface area (Å²) in [6.45, 7) is 3.80. The fourth-order valence-electron chi connectivity index (χ4n) is 3.04. The highest BCUT2D eigenvalue weighted by atomic mass is 16.5. The average molecular weight is 313 g/mol. The van der Waals surface area contributed by atoms with Crippen molar-refractivity contribution in [3.05, 3.63) is 53.6 Å². The Morgan fingerprint density at radius 2 is 2.09 bits per heavy atom. The molecule has 2 aromatic rings. The highest BCUT2D eigenvalue weighted by Gasteiger charge is 2.50. The van der Waals surface area contributed by atoms with Gasteiger partial charge in [0.15, 0.2) is 0 Å². The van der Waals surface area contributed by atoms with Crippen molar-refractivity contribution < 1.29 is 9.53 Å². The Balaban J connectivity index is 1.59. The van der Waals surface area contributed by atoms with Crippen LogP contribution in [0.25, 0.3) is 0 Å². The number of aromatic nitrogens is 2. The maximum Gasteiger partial charge on any atom is 0.230 e. The van der Waals surface area contributed by atoms with E-state index in [9.17, 15) is 4.79 Å². The van der Waals surface area contributed by atoms with Crippen molar-refractivity contribution in [3.8, 4) is 0 Å². The first-order valence-corrected chi connectivity index (χ1v) is 8.01. The van der Waals surface area contributed by atoms with Crippen molar-refractivity contribution >= 4 is 5.91 Å². The summed E-state index contributed by atoms with van der Waals surface area (Å²) in [6, 6.07) is 10.1. The van der Waals surface area contributed by atoms with Crippen LogP contribution in [0, 0.1) is 6.92 Å². The van der Waals surface area contributed by atoms with E-state index < -0.39 is 0 Å². The third-order valence-corrected chi connectivity index (χ3v) is 4.54. The third kappa shape index (κ3) is 3.15. The molecular weight excluding hydrogens is 290 g/mol. The van der Waals surface area contributed by atoms with E-state index in [1.165, 1.54) is 0 Å². The van der Waals surface area contributed by atoms with Crippen molar-refractivity contribution in [1.82, 2.24) is 14.9 Å². The van der Waals surface area contributed by atoms with Gasteiger partial charge in [-0.25, -0.2) is 4.98 Å². The molecule has 1 fully saturated rings. The number of ether oxygens (including phenoxy) is 1. The number of benzene rings is 1. The van der Waals surface area contributed by atoms with Crippen LogP contribution in [-0.2, 0) is 28.1 Å². The van der Waals surface area contributed by atoms with Gasteiger partial charge in [0.1, 0.15) is 12.4 Å².